The number of nitrogens with zero attached hydrogens (tertiary/aromatic N) is 5. The van der Waals surface area contributed by atoms with Gasteiger partial charge in [0.15, 0.2) is 34.4 Å². The molecule has 3 aliphatic carbocycles. The van der Waals surface area contributed by atoms with E-state index in [2.05, 4.69) is 9.97 Å². The Morgan fingerprint density at radius 2 is 1.59 bits per heavy atom. The van der Waals surface area contributed by atoms with Crippen LogP contribution in [0.3, 0.4) is 0 Å². The first-order valence-electron chi connectivity index (χ1n) is 20.7. The number of nitrogen functional groups attached to an aromatic ring is 1. The summed E-state index contributed by atoms with van der Waals surface area (Å²) in [5, 5.41) is 55.7. The second kappa shape index (κ2) is 17.6. The minimum absolute atomic E-state index is 0. The predicted octanol–water partition coefficient (Wildman–Crippen LogP) is 0.546. The molecule has 2 aliphatic heterocycles. The third kappa shape index (κ3) is 7.38. The largest absolute Gasteiger partial charge is 0.510 e. The molecule has 0 saturated carbocycles. The van der Waals surface area contributed by atoms with Crippen LogP contribution in [0, 0.1) is 11.8 Å². The summed E-state index contributed by atoms with van der Waals surface area (Å²) < 4.78 is 22.3. The van der Waals surface area contributed by atoms with Crippen LogP contribution in [0.25, 0.3) is 10.9 Å². The number of primary amides is 1. The molecule has 11 N–H and O–H groups in total. The Balaban J connectivity index is 0.000000194. The van der Waals surface area contributed by atoms with Crippen LogP contribution in [-0.2, 0) is 14.4 Å². The number of ketones is 2. The lowest BCUT2D eigenvalue weighted by atomic mass is 9.55. The summed E-state index contributed by atoms with van der Waals surface area (Å²) in [7, 11) is 6.12. The second-order valence-corrected chi connectivity index (χ2v) is 16.6. The summed E-state index contributed by atoms with van der Waals surface area (Å²) in [6.07, 6.45) is -2.24. The van der Waals surface area contributed by atoms with Gasteiger partial charge in [-0.1, -0.05) is 31.2 Å². The smallest absolute Gasteiger partial charge is 0.267 e. The Labute approximate surface area is 377 Å². The highest BCUT2D eigenvalue weighted by molar-refractivity contribution is 6.25. The molecule has 9 rings (SSSR count). The molecule has 1 unspecified atom stereocenters. The van der Waals surface area contributed by atoms with Crippen LogP contribution < -0.4 is 35.3 Å². The van der Waals surface area contributed by atoms with Crippen molar-refractivity contribution in [2.75, 3.05) is 71.7 Å². The van der Waals surface area contributed by atoms with Crippen LogP contribution in [0.1, 0.15) is 28.8 Å². The van der Waals surface area contributed by atoms with Gasteiger partial charge in [-0.3, -0.25) is 24.1 Å². The number of aliphatic hydroxyl groups is 4. The summed E-state index contributed by atoms with van der Waals surface area (Å²) in [6.45, 7) is 4.07. The first-order valence-corrected chi connectivity index (χ1v) is 20.7. The van der Waals surface area contributed by atoms with Crippen molar-refractivity contribution in [2.24, 2.45) is 17.6 Å². The standard InChI is InChI=1S/C23H25N5O5.C22H24N2O8.H2O/c1-30-18-11-14-15(12-19(18)31-2)25-23(26-21(14)24)28-9-7-27(8-10-28)22(29)20-13-32-16-5-3-4-6-17(16)33-20;1-7-8-5-4-6-9(25)11(8)16(26)12-10(7)17(27)14-15(24(2)3)18(28)13(21(23)31)20(30)22(14,32)19(12)29;/h3-6,11-12,20H,7-10,13H2,1-2H3,(H2,24,25,26);4-7,10,14-15,17,25,27-29,32H,1-3H3,(H2,23,31);1H2/t;7-,10+,14+,15-,17-,22-;/m.0./s1. The predicted molar refractivity (Wildman–Crippen MR) is 236 cm³/mol. The van der Waals surface area contributed by atoms with E-state index in [9.17, 15) is 44.7 Å². The average molecular weight is 914 g/mol. The number of para-hydroxylation sites is 2. The molecule has 3 aromatic carbocycles. The van der Waals surface area contributed by atoms with Crippen LogP contribution in [-0.4, -0.2) is 159 Å². The average Bonchev–Trinajstić information content (AvgIpc) is 3.29. The number of anilines is 2. The molecule has 3 heterocycles. The van der Waals surface area contributed by atoms with Crippen LogP contribution in [0.5, 0.6) is 28.7 Å². The monoisotopic (exact) mass is 913 g/mol. The number of carbonyl (C=O) groups excluding carboxylic acids is 4. The number of likely N-dealkylation sites (N-methyl/N-ethyl adjacent to an activating group) is 1. The van der Waals surface area contributed by atoms with E-state index in [-0.39, 0.29) is 29.3 Å². The number of phenolic OH excluding ortho intramolecular Hbond substituents is 1. The van der Waals surface area contributed by atoms with Crippen molar-refractivity contribution in [3.63, 3.8) is 0 Å². The van der Waals surface area contributed by atoms with Crippen molar-refractivity contribution in [1.82, 2.24) is 19.8 Å². The zero-order valence-corrected chi connectivity index (χ0v) is 36.6. The SMILES string of the molecule is COc1cc2nc(N3CCN(C(=O)C4COc5ccccc5O4)CC3)nc(N)c2cc1OC.C[C@H]1c2cccc(O)c2C(=O)C2=C(O)[C@]3(O)C(=O)C(C(N)=O)=C(O)[C@@H](N(C)C)[C@@H]3[C@@H](O)[C@@H]21.O. The van der Waals surface area contributed by atoms with Crippen molar-refractivity contribution < 1.29 is 69.1 Å². The fraction of sp³-hybridized carbons (Fsp3) is 0.378. The number of amides is 2. The maximum Gasteiger partial charge on any atom is 0.267 e. The summed E-state index contributed by atoms with van der Waals surface area (Å²) >= 11 is 0. The van der Waals surface area contributed by atoms with E-state index in [0.717, 1.165) is 0 Å². The van der Waals surface area contributed by atoms with Crippen LogP contribution >= 0.6 is 0 Å². The molecule has 21 nitrogen and oxygen atoms in total. The van der Waals surface area contributed by atoms with E-state index in [1.807, 2.05) is 23.1 Å². The van der Waals surface area contributed by atoms with Crippen molar-refractivity contribution in [1.29, 1.82) is 0 Å². The normalized spacial score (nSPS) is 25.5. The number of piperazine rings is 1. The number of hydrogen-bond acceptors (Lipinski definition) is 18. The zero-order chi connectivity index (χ0) is 46.8. The number of aromatic hydroxyl groups is 1. The lowest BCUT2D eigenvalue weighted by Gasteiger charge is -2.53. The van der Waals surface area contributed by atoms with Gasteiger partial charge in [0.2, 0.25) is 17.8 Å². The van der Waals surface area contributed by atoms with E-state index in [0.29, 0.717) is 77.4 Å². The van der Waals surface area contributed by atoms with Gasteiger partial charge in [-0.05, 0) is 49.8 Å². The number of methoxy groups -OCH3 is 2. The number of aromatic nitrogens is 2. The summed E-state index contributed by atoms with van der Waals surface area (Å²) in [5.41, 5.74) is 8.25. The molecule has 1 aromatic heterocycles. The van der Waals surface area contributed by atoms with Gasteiger partial charge in [0.05, 0.1) is 43.4 Å². The van der Waals surface area contributed by atoms with Crippen LogP contribution in [0.4, 0.5) is 11.8 Å². The molecule has 7 atom stereocenters. The number of aliphatic hydroxyl groups excluding tert-OH is 3. The molecule has 1 saturated heterocycles. The van der Waals surface area contributed by atoms with E-state index in [1.54, 1.807) is 56.4 Å². The maximum absolute atomic E-state index is 13.3. The van der Waals surface area contributed by atoms with Gasteiger partial charge in [-0.15, -0.1) is 0 Å². The fourth-order valence-corrected chi connectivity index (χ4v) is 9.66. The van der Waals surface area contributed by atoms with Crippen molar-refractivity contribution >= 4 is 46.0 Å². The van der Waals surface area contributed by atoms with Gasteiger partial charge in [0.1, 0.15) is 35.3 Å². The van der Waals surface area contributed by atoms with Gasteiger partial charge in [0, 0.05) is 49.1 Å². The van der Waals surface area contributed by atoms with E-state index in [4.69, 9.17) is 30.4 Å². The quantitative estimate of drug-likeness (QED) is 0.130. The number of rotatable bonds is 6. The second-order valence-electron chi connectivity index (χ2n) is 16.6. The molecular weight excluding hydrogens is 863 g/mol. The zero-order valence-electron chi connectivity index (χ0n) is 36.6. The van der Waals surface area contributed by atoms with Gasteiger partial charge in [0.25, 0.3) is 11.8 Å². The van der Waals surface area contributed by atoms with Crippen molar-refractivity contribution in [3.05, 3.63) is 88.4 Å². The molecule has 1 fully saturated rings. The molecule has 5 aliphatic rings. The number of hydrogen-bond donors (Lipinski definition) is 7. The Morgan fingerprint density at radius 3 is 2.23 bits per heavy atom. The third-order valence-electron chi connectivity index (χ3n) is 12.9. The topological polar surface area (TPSA) is 325 Å². The molecule has 0 spiro atoms. The van der Waals surface area contributed by atoms with Crippen molar-refractivity contribution in [2.45, 2.75) is 36.7 Å². The number of carbonyl (C=O) groups is 4. The van der Waals surface area contributed by atoms with Crippen LogP contribution in [0.15, 0.2) is 77.3 Å². The summed E-state index contributed by atoms with van der Waals surface area (Å²) in [6, 6.07) is 14.1. The number of benzene rings is 3. The maximum atomic E-state index is 13.3. The van der Waals surface area contributed by atoms with Crippen LogP contribution in [0.2, 0.25) is 0 Å². The molecule has 350 valence electrons. The Hall–Kier alpha value is -7.20. The highest BCUT2D eigenvalue weighted by Gasteiger charge is 2.67. The first kappa shape index (κ1) is 46.8. The lowest BCUT2D eigenvalue weighted by molar-refractivity contribution is -0.162. The van der Waals surface area contributed by atoms with Gasteiger partial charge in [-0.25, -0.2) is 4.98 Å². The number of nitrogens with two attached hydrogens (primary N) is 2. The van der Waals surface area contributed by atoms with Gasteiger partial charge < -0.3 is 71.2 Å². The molecule has 4 aromatic rings. The number of ether oxygens (including phenoxy) is 4. The van der Waals surface area contributed by atoms with E-state index < -0.39 is 81.7 Å². The lowest BCUT2D eigenvalue weighted by Crippen LogP contribution is -2.68. The Morgan fingerprint density at radius 1 is 0.939 bits per heavy atom. The molecule has 0 radical (unpaired) electrons. The molecule has 66 heavy (non-hydrogen) atoms. The number of Topliss-reactive ketones (excluding diaryl/α,β-unsaturated/α-hetero) is 2. The molecule has 2 amide bonds. The number of fused-ring (bicyclic) bond motifs is 5. The Bertz CT molecular complexity index is 2700. The number of phenols is 1. The first-order chi connectivity index (χ1) is 30.9. The van der Waals surface area contributed by atoms with Gasteiger partial charge in [-0.2, -0.15) is 4.98 Å². The molecular formula is C45H51N7O14. The van der Waals surface area contributed by atoms with E-state index >= 15 is 0 Å². The minimum Gasteiger partial charge on any atom is -0.510 e. The van der Waals surface area contributed by atoms with Gasteiger partial charge >= 0.3 is 0 Å². The third-order valence-corrected chi connectivity index (χ3v) is 12.9. The van der Waals surface area contributed by atoms with E-state index in [1.165, 1.54) is 25.1 Å². The fourth-order valence-electron chi connectivity index (χ4n) is 9.66. The minimum atomic E-state index is -2.89. The molecule has 21 heteroatoms. The molecule has 0 bridgehead atoms. The Kier molecular flexibility index (Phi) is 12.5. The summed E-state index contributed by atoms with van der Waals surface area (Å²) in [5.74, 6) is -5.68. The van der Waals surface area contributed by atoms with Crippen molar-refractivity contribution in [3.8, 4) is 28.7 Å². The summed E-state index contributed by atoms with van der Waals surface area (Å²) in [4.78, 5) is 65.8. The highest BCUT2D eigenvalue weighted by Crippen LogP contribution is 2.55. The highest BCUT2D eigenvalue weighted by atomic mass is 16.6.